The van der Waals surface area contributed by atoms with Crippen molar-refractivity contribution in [2.24, 2.45) is 5.92 Å². The fourth-order valence-corrected chi connectivity index (χ4v) is 3.02. The van der Waals surface area contributed by atoms with E-state index in [0.29, 0.717) is 31.0 Å². The van der Waals surface area contributed by atoms with E-state index in [2.05, 4.69) is 4.98 Å². The fourth-order valence-electron chi connectivity index (χ4n) is 3.02. The summed E-state index contributed by atoms with van der Waals surface area (Å²) in [6.45, 7) is 1.40. The van der Waals surface area contributed by atoms with E-state index in [1.807, 2.05) is 35.4 Å². The number of piperidine rings is 1. The van der Waals surface area contributed by atoms with Gasteiger partial charge in [-0.25, -0.2) is 0 Å². The van der Waals surface area contributed by atoms with Crippen LogP contribution in [0.15, 0.2) is 30.5 Å². The Morgan fingerprint density at radius 2 is 2.05 bits per heavy atom. The summed E-state index contributed by atoms with van der Waals surface area (Å²) in [6, 6.07) is 7.72. The molecule has 1 fully saturated rings. The number of methoxy groups -OCH3 is 1. The summed E-state index contributed by atoms with van der Waals surface area (Å²) in [5.74, 6) is 0.220. The number of aromatic amines is 1. The fraction of sp³-hybridized carbons (Fsp3) is 0.412. The van der Waals surface area contributed by atoms with Gasteiger partial charge < -0.3 is 14.6 Å². The van der Waals surface area contributed by atoms with Crippen LogP contribution in [-0.2, 0) is 9.53 Å². The zero-order valence-corrected chi connectivity index (χ0v) is 12.7. The zero-order chi connectivity index (χ0) is 15.5. The lowest BCUT2D eigenvalue weighted by Gasteiger charge is -2.31. The molecular formula is C17H20N2O3. The summed E-state index contributed by atoms with van der Waals surface area (Å²) in [4.78, 5) is 28.9. The number of hydrogen-bond donors (Lipinski definition) is 1. The summed E-state index contributed by atoms with van der Waals surface area (Å²) in [5, 5.41) is 1.10. The van der Waals surface area contributed by atoms with E-state index in [9.17, 15) is 9.59 Å². The Hall–Kier alpha value is -2.30. The lowest BCUT2D eigenvalue weighted by molar-refractivity contribution is -0.142. The quantitative estimate of drug-likeness (QED) is 0.886. The maximum Gasteiger partial charge on any atom is 0.305 e. The van der Waals surface area contributed by atoms with E-state index < -0.39 is 0 Å². The van der Waals surface area contributed by atoms with Gasteiger partial charge in [0.1, 0.15) is 0 Å². The smallest absolute Gasteiger partial charge is 0.305 e. The van der Waals surface area contributed by atoms with Gasteiger partial charge in [0.15, 0.2) is 0 Å². The number of aromatic nitrogens is 1. The van der Waals surface area contributed by atoms with Gasteiger partial charge in [0, 0.05) is 36.8 Å². The van der Waals surface area contributed by atoms with Gasteiger partial charge in [0.05, 0.1) is 7.11 Å². The van der Waals surface area contributed by atoms with Crippen LogP contribution in [0.2, 0.25) is 0 Å². The average Bonchev–Trinajstić information content (AvgIpc) is 3.02. The van der Waals surface area contributed by atoms with Crippen molar-refractivity contribution in [3.63, 3.8) is 0 Å². The van der Waals surface area contributed by atoms with E-state index in [4.69, 9.17) is 4.74 Å². The second-order valence-electron chi connectivity index (χ2n) is 5.80. The van der Waals surface area contributed by atoms with Gasteiger partial charge in [-0.3, -0.25) is 9.59 Å². The van der Waals surface area contributed by atoms with Crippen molar-refractivity contribution in [1.82, 2.24) is 9.88 Å². The molecular weight excluding hydrogens is 280 g/mol. The molecule has 1 saturated heterocycles. The highest BCUT2D eigenvalue weighted by atomic mass is 16.5. The van der Waals surface area contributed by atoms with Crippen LogP contribution in [0.4, 0.5) is 0 Å². The molecule has 0 saturated carbocycles. The Morgan fingerprint density at radius 3 is 2.77 bits per heavy atom. The van der Waals surface area contributed by atoms with E-state index in [1.165, 1.54) is 7.11 Å². The van der Waals surface area contributed by atoms with E-state index in [0.717, 1.165) is 23.7 Å². The van der Waals surface area contributed by atoms with Gasteiger partial charge in [-0.1, -0.05) is 6.07 Å². The van der Waals surface area contributed by atoms with Gasteiger partial charge in [0.2, 0.25) is 0 Å². The van der Waals surface area contributed by atoms with E-state index >= 15 is 0 Å². The molecule has 1 aromatic carbocycles. The summed E-state index contributed by atoms with van der Waals surface area (Å²) < 4.78 is 4.71. The molecule has 0 bridgehead atoms. The second kappa shape index (κ2) is 6.22. The van der Waals surface area contributed by atoms with Gasteiger partial charge >= 0.3 is 5.97 Å². The highest BCUT2D eigenvalue weighted by Gasteiger charge is 2.25. The van der Waals surface area contributed by atoms with Crippen LogP contribution in [0.5, 0.6) is 0 Å². The molecule has 1 N–H and O–H groups in total. The second-order valence-corrected chi connectivity index (χ2v) is 5.80. The number of ether oxygens (including phenoxy) is 1. The van der Waals surface area contributed by atoms with E-state index in [1.54, 1.807) is 0 Å². The topological polar surface area (TPSA) is 62.4 Å². The third-order valence-corrected chi connectivity index (χ3v) is 4.39. The third-order valence-electron chi connectivity index (χ3n) is 4.39. The number of fused-ring (bicyclic) bond motifs is 1. The molecule has 1 aliphatic rings. The lowest BCUT2D eigenvalue weighted by atomic mass is 9.93. The van der Waals surface area contributed by atoms with Gasteiger partial charge in [-0.2, -0.15) is 0 Å². The Kier molecular flexibility index (Phi) is 4.13. The number of carbonyl (C=O) groups is 2. The standard InChI is InChI=1S/C17H20N2O3/c1-22-16(20)10-12-5-8-19(9-6-12)17(21)14-3-2-13-4-7-18-15(13)11-14/h2-4,7,11-12,18H,5-6,8-10H2,1H3. The van der Waals surface area contributed by atoms with Crippen LogP contribution in [0.25, 0.3) is 10.9 Å². The van der Waals surface area contributed by atoms with Crippen molar-refractivity contribution >= 4 is 22.8 Å². The summed E-state index contributed by atoms with van der Waals surface area (Å²) >= 11 is 0. The van der Waals surface area contributed by atoms with Crippen LogP contribution in [-0.4, -0.2) is 42.0 Å². The normalized spacial score (nSPS) is 16.0. The van der Waals surface area contributed by atoms with Gasteiger partial charge in [-0.15, -0.1) is 0 Å². The van der Waals surface area contributed by atoms with Crippen molar-refractivity contribution in [3.05, 3.63) is 36.0 Å². The Balaban J connectivity index is 1.63. The maximum absolute atomic E-state index is 12.6. The highest BCUT2D eigenvalue weighted by Crippen LogP contribution is 2.23. The van der Waals surface area contributed by atoms with E-state index in [-0.39, 0.29) is 11.9 Å². The number of nitrogens with one attached hydrogen (secondary N) is 1. The minimum Gasteiger partial charge on any atom is -0.469 e. The molecule has 5 nitrogen and oxygen atoms in total. The first kappa shape index (κ1) is 14.6. The number of amides is 1. The van der Waals surface area contributed by atoms with Crippen LogP contribution < -0.4 is 0 Å². The Bertz CT molecular complexity index is 684. The Morgan fingerprint density at radius 1 is 1.27 bits per heavy atom. The van der Waals surface area contributed by atoms with Crippen molar-refractivity contribution in [1.29, 1.82) is 0 Å². The minimum atomic E-state index is -0.165. The summed E-state index contributed by atoms with van der Waals surface area (Å²) in [6.07, 6.45) is 4.03. The predicted octanol–water partition coefficient (Wildman–Crippen LogP) is 2.58. The number of H-pyrrole nitrogens is 1. The molecule has 22 heavy (non-hydrogen) atoms. The molecule has 0 unspecified atom stereocenters. The molecule has 1 aromatic heterocycles. The van der Waals surface area contributed by atoms with Crippen molar-refractivity contribution in [3.8, 4) is 0 Å². The average molecular weight is 300 g/mol. The third kappa shape index (κ3) is 2.98. The predicted molar refractivity (Wildman–Crippen MR) is 83.6 cm³/mol. The first-order chi connectivity index (χ1) is 10.7. The molecule has 0 radical (unpaired) electrons. The number of esters is 1. The van der Waals surface area contributed by atoms with Crippen molar-refractivity contribution < 1.29 is 14.3 Å². The number of hydrogen-bond acceptors (Lipinski definition) is 3. The SMILES string of the molecule is COC(=O)CC1CCN(C(=O)c2ccc3cc[nH]c3c2)CC1. The van der Waals surface area contributed by atoms with Crippen LogP contribution in [0, 0.1) is 5.92 Å². The first-order valence-corrected chi connectivity index (χ1v) is 7.60. The molecule has 2 aromatic rings. The molecule has 2 heterocycles. The first-order valence-electron chi connectivity index (χ1n) is 7.60. The largest absolute Gasteiger partial charge is 0.469 e. The Labute approximate surface area is 129 Å². The highest BCUT2D eigenvalue weighted by molar-refractivity contribution is 5.98. The molecule has 3 rings (SSSR count). The lowest BCUT2D eigenvalue weighted by Crippen LogP contribution is -2.38. The molecule has 1 aliphatic heterocycles. The van der Waals surface area contributed by atoms with Crippen molar-refractivity contribution in [2.45, 2.75) is 19.3 Å². The van der Waals surface area contributed by atoms with Gasteiger partial charge in [-0.05, 0) is 42.3 Å². The molecule has 1 amide bonds. The molecule has 0 spiro atoms. The molecule has 0 aliphatic carbocycles. The van der Waals surface area contributed by atoms with Crippen molar-refractivity contribution in [2.75, 3.05) is 20.2 Å². The number of carbonyl (C=O) groups excluding carboxylic acids is 2. The number of rotatable bonds is 3. The number of benzene rings is 1. The monoisotopic (exact) mass is 300 g/mol. The van der Waals surface area contributed by atoms with Crippen LogP contribution >= 0.6 is 0 Å². The summed E-state index contributed by atoms with van der Waals surface area (Å²) in [5.41, 5.74) is 1.69. The number of likely N-dealkylation sites (tertiary alicyclic amines) is 1. The summed E-state index contributed by atoms with van der Waals surface area (Å²) in [7, 11) is 1.41. The minimum absolute atomic E-state index is 0.0630. The number of nitrogens with zero attached hydrogens (tertiary/aromatic N) is 1. The van der Waals surface area contributed by atoms with Crippen LogP contribution in [0.3, 0.4) is 0 Å². The molecule has 116 valence electrons. The zero-order valence-electron chi connectivity index (χ0n) is 12.7. The maximum atomic E-state index is 12.6. The van der Waals surface area contributed by atoms with Gasteiger partial charge in [0.25, 0.3) is 5.91 Å². The molecule has 0 atom stereocenters. The molecule has 5 heteroatoms. The van der Waals surface area contributed by atoms with Crippen LogP contribution in [0.1, 0.15) is 29.6 Å².